The summed E-state index contributed by atoms with van der Waals surface area (Å²) in [4.78, 5) is 17.3. The smallest absolute Gasteiger partial charge is 0.222 e. The summed E-state index contributed by atoms with van der Waals surface area (Å²) in [7, 11) is 0. The molecule has 4 rings (SSSR count). The Hall–Kier alpha value is -0.610. The Morgan fingerprint density at radius 2 is 1.87 bits per heavy atom. The largest absolute Gasteiger partial charge is 0.381 e. The molecule has 1 saturated carbocycles. The lowest BCUT2D eigenvalue weighted by Crippen LogP contribution is -2.50. The van der Waals surface area contributed by atoms with Crippen molar-refractivity contribution in [3.63, 3.8) is 0 Å². The van der Waals surface area contributed by atoms with Crippen molar-refractivity contribution in [1.82, 2.24) is 9.80 Å². The van der Waals surface area contributed by atoms with Crippen LogP contribution in [0.15, 0.2) is 0 Å². The van der Waals surface area contributed by atoms with E-state index in [1.165, 1.54) is 58.0 Å². The molecule has 0 aromatic heterocycles. The average molecular weight is 320 g/mol. The fourth-order valence-electron chi connectivity index (χ4n) is 4.96. The minimum atomic E-state index is 0.414. The van der Waals surface area contributed by atoms with Crippen molar-refractivity contribution >= 4 is 5.91 Å². The van der Waals surface area contributed by atoms with E-state index < -0.39 is 0 Å². The lowest BCUT2D eigenvalue weighted by atomic mass is 9.73. The predicted molar refractivity (Wildman–Crippen MR) is 90.2 cm³/mol. The monoisotopic (exact) mass is 320 g/mol. The van der Waals surface area contributed by atoms with Crippen LogP contribution in [0.3, 0.4) is 0 Å². The van der Waals surface area contributed by atoms with Gasteiger partial charge in [0, 0.05) is 45.3 Å². The molecule has 3 aliphatic heterocycles. The van der Waals surface area contributed by atoms with Gasteiger partial charge in [-0.3, -0.25) is 9.69 Å². The molecule has 0 unspecified atom stereocenters. The Bertz CT molecular complexity index is 424. The number of amides is 1. The van der Waals surface area contributed by atoms with E-state index in [1.54, 1.807) is 0 Å². The molecule has 1 amide bonds. The minimum Gasteiger partial charge on any atom is -0.381 e. The molecular weight excluding hydrogens is 288 g/mol. The fraction of sp³-hybridized carbons (Fsp3) is 0.947. The number of rotatable bonds is 3. The molecule has 4 aliphatic rings. The maximum absolute atomic E-state index is 12.4. The minimum absolute atomic E-state index is 0.414. The van der Waals surface area contributed by atoms with Crippen molar-refractivity contribution in [3.05, 3.63) is 0 Å². The van der Waals surface area contributed by atoms with Crippen LogP contribution < -0.4 is 0 Å². The first kappa shape index (κ1) is 15.9. The second kappa shape index (κ2) is 6.72. The summed E-state index contributed by atoms with van der Waals surface area (Å²) in [5.41, 5.74) is 0.514. The van der Waals surface area contributed by atoms with Crippen LogP contribution in [0.25, 0.3) is 0 Å². The van der Waals surface area contributed by atoms with Crippen LogP contribution in [0.5, 0.6) is 0 Å². The van der Waals surface area contributed by atoms with Crippen molar-refractivity contribution in [1.29, 1.82) is 0 Å². The molecule has 0 aromatic carbocycles. The van der Waals surface area contributed by atoms with Gasteiger partial charge < -0.3 is 9.64 Å². The SMILES string of the molecule is O=C1CC[C@@H](N2CCCC3(CCOCC3)C2)CCN1CC1CC1. The summed E-state index contributed by atoms with van der Waals surface area (Å²) < 4.78 is 5.60. The first-order chi connectivity index (χ1) is 11.2. The number of nitrogens with zero attached hydrogens (tertiary/aromatic N) is 2. The van der Waals surface area contributed by atoms with E-state index >= 15 is 0 Å². The molecule has 0 bridgehead atoms. The predicted octanol–water partition coefficient (Wildman–Crippen LogP) is 2.67. The van der Waals surface area contributed by atoms with Crippen LogP contribution in [0.2, 0.25) is 0 Å². The number of likely N-dealkylation sites (tertiary alicyclic amines) is 2. The Labute approximate surface area is 140 Å². The Morgan fingerprint density at radius 1 is 1.04 bits per heavy atom. The van der Waals surface area contributed by atoms with Gasteiger partial charge in [-0.2, -0.15) is 0 Å². The molecule has 4 nitrogen and oxygen atoms in total. The highest BCUT2D eigenvalue weighted by Crippen LogP contribution is 2.40. The summed E-state index contributed by atoms with van der Waals surface area (Å²) in [6.45, 7) is 6.42. The van der Waals surface area contributed by atoms with Crippen LogP contribution in [-0.4, -0.2) is 61.1 Å². The molecule has 1 spiro atoms. The van der Waals surface area contributed by atoms with E-state index in [1.807, 2.05) is 0 Å². The molecule has 3 saturated heterocycles. The standard InChI is InChI=1S/C19H32N2O2/c22-18-5-4-17(6-11-20(18)14-16-2-3-16)21-10-1-7-19(15-21)8-12-23-13-9-19/h16-17H,1-15H2/t17-/m1/s1. The quantitative estimate of drug-likeness (QED) is 0.801. The zero-order valence-electron chi connectivity index (χ0n) is 14.5. The van der Waals surface area contributed by atoms with Gasteiger partial charge in [0.2, 0.25) is 5.91 Å². The average Bonchev–Trinajstić information content (AvgIpc) is 3.39. The van der Waals surface area contributed by atoms with Gasteiger partial charge in [-0.25, -0.2) is 0 Å². The lowest BCUT2D eigenvalue weighted by molar-refractivity contribution is -0.130. The maximum atomic E-state index is 12.4. The van der Waals surface area contributed by atoms with Crippen LogP contribution in [0.1, 0.15) is 57.8 Å². The van der Waals surface area contributed by atoms with Crippen molar-refractivity contribution in [2.75, 3.05) is 39.4 Å². The summed E-state index contributed by atoms with van der Waals surface area (Å²) in [6.07, 6.45) is 10.9. The molecule has 4 fully saturated rings. The van der Waals surface area contributed by atoms with Gasteiger partial charge >= 0.3 is 0 Å². The van der Waals surface area contributed by atoms with E-state index in [0.29, 0.717) is 17.4 Å². The Balaban J connectivity index is 1.36. The summed E-state index contributed by atoms with van der Waals surface area (Å²) in [5, 5.41) is 0. The zero-order chi connectivity index (χ0) is 15.7. The number of hydrogen-bond donors (Lipinski definition) is 0. The molecule has 0 N–H and O–H groups in total. The molecule has 4 heteroatoms. The van der Waals surface area contributed by atoms with Crippen LogP contribution >= 0.6 is 0 Å². The van der Waals surface area contributed by atoms with Crippen molar-refractivity contribution in [2.45, 2.75) is 63.8 Å². The van der Waals surface area contributed by atoms with Gasteiger partial charge in [0.15, 0.2) is 0 Å². The highest BCUT2D eigenvalue weighted by Gasteiger charge is 2.39. The number of hydrogen-bond acceptors (Lipinski definition) is 3. The van der Waals surface area contributed by atoms with Crippen LogP contribution in [0.4, 0.5) is 0 Å². The van der Waals surface area contributed by atoms with Gasteiger partial charge in [0.05, 0.1) is 0 Å². The summed E-state index contributed by atoms with van der Waals surface area (Å²) in [5.74, 6) is 1.23. The molecular formula is C19H32N2O2. The molecule has 1 aliphatic carbocycles. The van der Waals surface area contributed by atoms with E-state index in [0.717, 1.165) is 45.1 Å². The number of carbonyl (C=O) groups excluding carboxylic acids is 1. The van der Waals surface area contributed by atoms with E-state index in [9.17, 15) is 4.79 Å². The van der Waals surface area contributed by atoms with E-state index in [4.69, 9.17) is 4.74 Å². The maximum Gasteiger partial charge on any atom is 0.222 e. The molecule has 130 valence electrons. The molecule has 0 aromatic rings. The zero-order valence-corrected chi connectivity index (χ0v) is 14.5. The van der Waals surface area contributed by atoms with Gasteiger partial charge in [0.25, 0.3) is 0 Å². The Kier molecular flexibility index (Phi) is 4.64. The third-order valence-electron chi connectivity index (χ3n) is 6.71. The topological polar surface area (TPSA) is 32.8 Å². The van der Waals surface area contributed by atoms with Crippen LogP contribution in [0, 0.1) is 11.3 Å². The first-order valence-corrected chi connectivity index (χ1v) is 9.84. The number of piperidine rings is 1. The lowest BCUT2D eigenvalue weighted by Gasteiger charge is -2.47. The third-order valence-corrected chi connectivity index (χ3v) is 6.71. The fourth-order valence-corrected chi connectivity index (χ4v) is 4.96. The highest BCUT2D eigenvalue weighted by atomic mass is 16.5. The first-order valence-electron chi connectivity index (χ1n) is 9.84. The number of carbonyl (C=O) groups is 1. The van der Waals surface area contributed by atoms with Crippen LogP contribution in [-0.2, 0) is 9.53 Å². The number of ether oxygens (including phenoxy) is 1. The van der Waals surface area contributed by atoms with Crippen molar-refractivity contribution in [2.24, 2.45) is 11.3 Å². The normalized spacial score (nSPS) is 33.0. The van der Waals surface area contributed by atoms with E-state index in [2.05, 4.69) is 9.80 Å². The molecule has 0 radical (unpaired) electrons. The van der Waals surface area contributed by atoms with Gasteiger partial charge in [0.1, 0.15) is 0 Å². The summed E-state index contributed by atoms with van der Waals surface area (Å²) in [6, 6.07) is 0.628. The van der Waals surface area contributed by atoms with Gasteiger partial charge in [-0.1, -0.05) is 0 Å². The van der Waals surface area contributed by atoms with Gasteiger partial charge in [-0.05, 0) is 69.2 Å². The summed E-state index contributed by atoms with van der Waals surface area (Å²) >= 11 is 0. The molecule has 1 atom stereocenters. The Morgan fingerprint density at radius 3 is 2.65 bits per heavy atom. The molecule has 23 heavy (non-hydrogen) atoms. The second-order valence-electron chi connectivity index (χ2n) is 8.45. The molecule has 3 heterocycles. The van der Waals surface area contributed by atoms with Crippen molar-refractivity contribution < 1.29 is 9.53 Å². The van der Waals surface area contributed by atoms with E-state index in [-0.39, 0.29) is 0 Å². The second-order valence-corrected chi connectivity index (χ2v) is 8.45. The highest BCUT2D eigenvalue weighted by molar-refractivity contribution is 5.76. The van der Waals surface area contributed by atoms with Crippen molar-refractivity contribution in [3.8, 4) is 0 Å². The third kappa shape index (κ3) is 3.74. The van der Waals surface area contributed by atoms with Gasteiger partial charge in [-0.15, -0.1) is 0 Å².